The topological polar surface area (TPSA) is 40.1 Å². The molecule has 0 saturated carbocycles. The van der Waals surface area contributed by atoms with E-state index in [9.17, 15) is 9.90 Å². The zero-order valence-corrected chi connectivity index (χ0v) is 8.06. The van der Waals surface area contributed by atoms with Crippen LogP contribution in [0.4, 0.5) is 0 Å². The molecule has 0 aromatic heterocycles. The smallest absolute Gasteiger partial charge is 0.550 e. The molecule has 1 aromatic rings. The third-order valence-corrected chi connectivity index (χ3v) is 1.65. The van der Waals surface area contributed by atoms with Crippen LogP contribution in [-0.2, 0) is 27.2 Å². The van der Waals surface area contributed by atoms with Crippen LogP contribution in [0, 0.1) is 0 Å². The van der Waals surface area contributed by atoms with Crippen molar-refractivity contribution in [1.82, 2.24) is 0 Å². The number of carbonyl (C=O) groups is 1. The summed E-state index contributed by atoms with van der Waals surface area (Å²) in [5.41, 5.74) is 0.785. The number of rotatable bonds is 2. The molecule has 68 valence electrons. The molecule has 3 heteroatoms. The van der Waals surface area contributed by atoms with E-state index in [1.165, 1.54) is 0 Å². The molecule has 12 heavy (non-hydrogen) atoms. The summed E-state index contributed by atoms with van der Waals surface area (Å²) in [6.07, 6.45) is 0. The molecule has 1 atom stereocenters. The first kappa shape index (κ1) is 11.4. The predicted octanol–water partition coefficient (Wildman–Crippen LogP) is 0.537. The van der Waals surface area contributed by atoms with Gasteiger partial charge in [-0.15, -0.1) is 0 Å². The summed E-state index contributed by atoms with van der Waals surface area (Å²) in [4.78, 5) is 10.4. The maximum atomic E-state index is 10.4. The number of hydrogen-bond donors (Lipinski definition) is 0. The number of carbonyl (C=O) groups excluding carboxylic acids is 1. The van der Waals surface area contributed by atoms with Gasteiger partial charge in [-0.05, 0) is 5.56 Å². The Bertz CT molecular complexity index is 246. The van der Waals surface area contributed by atoms with Crippen molar-refractivity contribution >= 4 is 5.97 Å². The zero-order chi connectivity index (χ0) is 8.27. The second kappa shape index (κ2) is 5.14. The minimum absolute atomic E-state index is 0. The van der Waals surface area contributed by atoms with E-state index < -0.39 is 11.9 Å². The van der Waals surface area contributed by atoms with Crippen LogP contribution in [-0.4, -0.2) is 5.97 Å². The monoisotopic (exact) mass is 256 g/mol. The summed E-state index contributed by atoms with van der Waals surface area (Å²) in [6.45, 7) is 1.62. The average molecular weight is 257 g/mol. The Hall–Kier alpha value is -0.570. The van der Waals surface area contributed by atoms with Gasteiger partial charge in [-0.25, -0.2) is 0 Å². The number of benzene rings is 1. The van der Waals surface area contributed by atoms with Crippen LogP contribution in [0.3, 0.4) is 0 Å². The maximum Gasteiger partial charge on any atom is 1.00 e. The SMILES string of the molecule is CC(C(=O)[O-])c1ccccc1.[Ag+]. The molecular formula is C9H9AgO2. The summed E-state index contributed by atoms with van der Waals surface area (Å²) in [5.74, 6) is -1.55. The van der Waals surface area contributed by atoms with Crippen molar-refractivity contribution in [2.24, 2.45) is 0 Å². The molecule has 0 bridgehead atoms. The van der Waals surface area contributed by atoms with Crippen LogP contribution in [0.1, 0.15) is 18.4 Å². The molecule has 1 unspecified atom stereocenters. The second-order valence-corrected chi connectivity index (χ2v) is 2.45. The number of carboxylic acids is 1. The van der Waals surface area contributed by atoms with Crippen molar-refractivity contribution in [2.45, 2.75) is 12.8 Å². The first-order valence-corrected chi connectivity index (χ1v) is 3.47. The predicted molar refractivity (Wildman–Crippen MR) is 39.9 cm³/mol. The van der Waals surface area contributed by atoms with Gasteiger partial charge in [0.05, 0.1) is 0 Å². The summed E-state index contributed by atoms with van der Waals surface area (Å²) in [7, 11) is 0. The quantitative estimate of drug-likeness (QED) is 0.725. The molecule has 0 N–H and O–H groups in total. The van der Waals surface area contributed by atoms with Gasteiger partial charge in [-0.1, -0.05) is 37.3 Å². The molecule has 0 fully saturated rings. The van der Waals surface area contributed by atoms with E-state index >= 15 is 0 Å². The fourth-order valence-electron chi connectivity index (χ4n) is 0.878. The number of aliphatic carboxylic acids is 1. The van der Waals surface area contributed by atoms with Gasteiger partial charge >= 0.3 is 22.4 Å². The van der Waals surface area contributed by atoms with Crippen LogP contribution >= 0.6 is 0 Å². The first-order chi connectivity index (χ1) is 5.22. The van der Waals surface area contributed by atoms with Crippen molar-refractivity contribution in [3.05, 3.63) is 35.9 Å². The van der Waals surface area contributed by atoms with Crippen LogP contribution in [0.15, 0.2) is 30.3 Å². The van der Waals surface area contributed by atoms with E-state index in [0.29, 0.717) is 0 Å². The third kappa shape index (κ3) is 2.81. The van der Waals surface area contributed by atoms with Crippen molar-refractivity contribution in [1.29, 1.82) is 0 Å². The summed E-state index contributed by atoms with van der Waals surface area (Å²) in [6, 6.07) is 9.04. The van der Waals surface area contributed by atoms with Crippen molar-refractivity contribution in [2.75, 3.05) is 0 Å². The Kier molecular flexibility index (Phi) is 4.90. The molecule has 0 saturated heterocycles. The molecular weight excluding hydrogens is 248 g/mol. The van der Waals surface area contributed by atoms with Gasteiger partial charge in [0.25, 0.3) is 0 Å². The standard InChI is InChI=1S/C9H10O2.Ag/c1-7(9(10)11)8-5-3-2-4-6-8;/h2-7H,1H3,(H,10,11);/q;+1/p-1. The van der Waals surface area contributed by atoms with E-state index in [1.807, 2.05) is 18.2 Å². The Morgan fingerprint density at radius 2 is 1.83 bits per heavy atom. The van der Waals surface area contributed by atoms with Crippen molar-refractivity contribution in [3.63, 3.8) is 0 Å². The normalized spacial score (nSPS) is 11.4. The second-order valence-electron chi connectivity index (χ2n) is 2.45. The van der Waals surface area contributed by atoms with Gasteiger partial charge in [0.2, 0.25) is 0 Å². The van der Waals surface area contributed by atoms with E-state index in [0.717, 1.165) is 5.56 Å². The largest absolute Gasteiger partial charge is 1.00 e. The van der Waals surface area contributed by atoms with E-state index in [-0.39, 0.29) is 22.4 Å². The Morgan fingerprint density at radius 1 is 1.33 bits per heavy atom. The van der Waals surface area contributed by atoms with Crippen molar-refractivity contribution in [3.8, 4) is 0 Å². The molecule has 0 spiro atoms. The summed E-state index contributed by atoms with van der Waals surface area (Å²) < 4.78 is 0. The Balaban J connectivity index is 0.00000121. The summed E-state index contributed by atoms with van der Waals surface area (Å²) >= 11 is 0. The molecule has 0 aliphatic carbocycles. The van der Waals surface area contributed by atoms with E-state index in [2.05, 4.69) is 0 Å². The zero-order valence-electron chi connectivity index (χ0n) is 6.58. The van der Waals surface area contributed by atoms with Gasteiger partial charge < -0.3 is 9.90 Å². The molecule has 0 radical (unpaired) electrons. The van der Waals surface area contributed by atoms with Crippen LogP contribution in [0.5, 0.6) is 0 Å². The van der Waals surface area contributed by atoms with Gasteiger partial charge in [0.15, 0.2) is 0 Å². The third-order valence-electron chi connectivity index (χ3n) is 1.65. The van der Waals surface area contributed by atoms with Crippen LogP contribution < -0.4 is 5.11 Å². The summed E-state index contributed by atoms with van der Waals surface area (Å²) in [5, 5.41) is 10.4. The minimum atomic E-state index is -1.03. The molecule has 1 aromatic carbocycles. The van der Waals surface area contributed by atoms with E-state index in [1.54, 1.807) is 19.1 Å². The fourth-order valence-corrected chi connectivity index (χ4v) is 0.878. The van der Waals surface area contributed by atoms with Gasteiger partial charge in [0, 0.05) is 11.9 Å². The molecule has 0 heterocycles. The minimum Gasteiger partial charge on any atom is -0.550 e. The molecule has 1 rings (SSSR count). The fraction of sp³-hybridized carbons (Fsp3) is 0.222. The first-order valence-electron chi connectivity index (χ1n) is 3.47. The van der Waals surface area contributed by atoms with Crippen LogP contribution in [0.25, 0.3) is 0 Å². The molecule has 0 amide bonds. The number of carboxylic acid groups (broad SMARTS) is 1. The van der Waals surface area contributed by atoms with Gasteiger partial charge in [-0.2, -0.15) is 0 Å². The van der Waals surface area contributed by atoms with Gasteiger partial charge in [0.1, 0.15) is 0 Å². The van der Waals surface area contributed by atoms with Crippen LogP contribution in [0.2, 0.25) is 0 Å². The number of hydrogen-bond acceptors (Lipinski definition) is 2. The van der Waals surface area contributed by atoms with Gasteiger partial charge in [-0.3, -0.25) is 0 Å². The maximum absolute atomic E-state index is 10.4. The van der Waals surface area contributed by atoms with E-state index in [4.69, 9.17) is 0 Å². The van der Waals surface area contributed by atoms with Crippen molar-refractivity contribution < 1.29 is 32.3 Å². The molecule has 2 nitrogen and oxygen atoms in total. The molecule has 0 aliphatic rings. The Morgan fingerprint density at radius 3 is 2.25 bits per heavy atom. The Labute approximate surface area is 87.1 Å². The molecule has 0 aliphatic heterocycles. The average Bonchev–Trinajstić information content (AvgIpc) is 2.05.